The van der Waals surface area contributed by atoms with Gasteiger partial charge in [0.05, 0.1) is 18.1 Å². The van der Waals surface area contributed by atoms with Crippen molar-refractivity contribution in [1.82, 2.24) is 14.9 Å². The lowest BCUT2D eigenvalue weighted by atomic mass is 9.95. The molecule has 1 aromatic heterocycles. The number of nitrogens with one attached hydrogen (secondary N) is 1. The van der Waals surface area contributed by atoms with Crippen LogP contribution in [0.5, 0.6) is 0 Å². The van der Waals surface area contributed by atoms with E-state index in [-0.39, 0.29) is 11.8 Å². The number of ether oxygens (including phenoxy) is 1. The fourth-order valence-corrected chi connectivity index (χ4v) is 2.91. The van der Waals surface area contributed by atoms with Crippen LogP contribution in [-0.4, -0.2) is 49.7 Å². The van der Waals surface area contributed by atoms with Crippen LogP contribution in [0.1, 0.15) is 18.8 Å². The summed E-state index contributed by atoms with van der Waals surface area (Å²) in [4.78, 5) is 8.18. The van der Waals surface area contributed by atoms with Gasteiger partial charge in [-0.25, -0.2) is 9.37 Å². The molecule has 0 saturated carbocycles. The van der Waals surface area contributed by atoms with E-state index in [2.05, 4.69) is 27.8 Å². The lowest BCUT2D eigenvalue weighted by molar-refractivity contribution is -0.0782. The van der Waals surface area contributed by atoms with Gasteiger partial charge in [0.25, 0.3) is 0 Å². The summed E-state index contributed by atoms with van der Waals surface area (Å²) >= 11 is 5.35. The summed E-state index contributed by atoms with van der Waals surface area (Å²) in [6.45, 7) is 5.13. The van der Waals surface area contributed by atoms with Crippen LogP contribution < -0.4 is 11.1 Å². The molecule has 5 N–H and O–H groups in total. The second kappa shape index (κ2) is 5.75. The van der Waals surface area contributed by atoms with E-state index in [0.29, 0.717) is 11.4 Å². The average molecular weight is 356 g/mol. The van der Waals surface area contributed by atoms with Gasteiger partial charge < -0.3 is 26.0 Å². The lowest BCUT2D eigenvalue weighted by Gasteiger charge is -2.25. The Bertz CT molecular complexity index is 783. The first kappa shape index (κ1) is 16.7. The molecule has 0 spiro atoms. The number of hydrogen-bond acceptors (Lipinski definition) is 7. The Balaban J connectivity index is 2.12. The summed E-state index contributed by atoms with van der Waals surface area (Å²) in [7, 11) is 0. The number of aliphatic imine (C=N–C) groups is 1. The van der Waals surface area contributed by atoms with Crippen LogP contribution in [0.3, 0.4) is 0 Å². The van der Waals surface area contributed by atoms with E-state index in [0.717, 1.165) is 0 Å². The van der Waals surface area contributed by atoms with Crippen molar-refractivity contribution in [2.45, 2.75) is 37.1 Å². The number of imidazole rings is 1. The van der Waals surface area contributed by atoms with E-state index >= 15 is 4.39 Å². The molecule has 2 aliphatic rings. The zero-order valence-electron chi connectivity index (χ0n) is 12.6. The van der Waals surface area contributed by atoms with E-state index in [1.165, 1.54) is 17.8 Å². The molecule has 8 nitrogen and oxygen atoms in total. The van der Waals surface area contributed by atoms with Crippen LogP contribution >= 0.6 is 11.6 Å². The number of hydrogen-bond donors (Lipinski definition) is 4. The predicted octanol–water partition coefficient (Wildman–Crippen LogP) is -0.0497. The number of halogens is 2. The van der Waals surface area contributed by atoms with E-state index in [4.69, 9.17) is 22.1 Å². The Morgan fingerprint density at radius 2 is 2.38 bits per heavy atom. The van der Waals surface area contributed by atoms with Gasteiger partial charge in [-0.1, -0.05) is 6.58 Å². The van der Waals surface area contributed by atoms with Crippen molar-refractivity contribution >= 4 is 29.1 Å². The van der Waals surface area contributed by atoms with Crippen LogP contribution in [0, 0.1) is 11.3 Å². The third kappa shape index (κ3) is 2.35. The molecule has 0 amide bonds. The third-order valence-electron chi connectivity index (χ3n) is 3.91. The van der Waals surface area contributed by atoms with Crippen molar-refractivity contribution in [3.05, 3.63) is 18.6 Å². The lowest BCUT2D eigenvalue weighted by Crippen LogP contribution is -2.44. The van der Waals surface area contributed by atoms with E-state index in [9.17, 15) is 10.2 Å². The smallest absolute Gasteiger partial charge is 0.244 e. The molecule has 1 saturated heterocycles. The van der Waals surface area contributed by atoms with Crippen molar-refractivity contribution in [2.24, 2.45) is 10.7 Å². The highest BCUT2D eigenvalue weighted by atomic mass is 35.5. The van der Waals surface area contributed by atoms with Gasteiger partial charge in [-0.2, -0.15) is 4.99 Å². The predicted molar refractivity (Wildman–Crippen MR) is 84.7 cm³/mol. The molecule has 3 heterocycles. The minimum Gasteiger partial charge on any atom is -0.391 e. The zero-order valence-corrected chi connectivity index (χ0v) is 13.3. The maximum Gasteiger partial charge on any atom is 0.244 e. The summed E-state index contributed by atoms with van der Waals surface area (Å²) in [6.07, 6.45) is -4.23. The summed E-state index contributed by atoms with van der Waals surface area (Å²) in [5.74, 6) is 2.36. The first-order chi connectivity index (χ1) is 11.3. The van der Waals surface area contributed by atoms with E-state index < -0.39 is 30.2 Å². The molecule has 1 fully saturated rings. The number of aromatic nitrogens is 2. The molecular formula is C14H15ClFN5O3. The summed E-state index contributed by atoms with van der Waals surface area (Å²) < 4.78 is 22.1. The fourth-order valence-electron chi connectivity index (χ4n) is 2.77. The number of aliphatic hydroxyl groups is 2. The highest BCUT2D eigenvalue weighted by molar-refractivity contribution is 6.30. The molecule has 10 heteroatoms. The summed E-state index contributed by atoms with van der Waals surface area (Å²) in [6, 6.07) is 0. The van der Waals surface area contributed by atoms with Gasteiger partial charge in [-0.05, 0) is 24.4 Å². The van der Waals surface area contributed by atoms with E-state index in [1.807, 2.05) is 5.38 Å². The molecule has 0 aromatic carbocycles. The minimum absolute atomic E-state index is 0.0488. The summed E-state index contributed by atoms with van der Waals surface area (Å²) in [5.41, 5.74) is 3.82. The fraction of sp³-hybridized carbons (Fsp3) is 0.429. The van der Waals surface area contributed by atoms with Crippen LogP contribution in [0.15, 0.2) is 17.9 Å². The van der Waals surface area contributed by atoms with E-state index in [1.54, 1.807) is 0 Å². The number of aliphatic hydroxyl groups excluding tert-OH is 2. The number of nitrogens with zero attached hydrogens (tertiary/aromatic N) is 3. The number of guanidine groups is 1. The quantitative estimate of drug-likeness (QED) is 0.552. The molecule has 5 atom stereocenters. The second-order valence-electron chi connectivity index (χ2n) is 5.55. The van der Waals surface area contributed by atoms with Crippen molar-refractivity contribution in [3.63, 3.8) is 0 Å². The molecule has 0 bridgehead atoms. The molecule has 128 valence electrons. The maximum absolute atomic E-state index is 15.4. The molecule has 2 aliphatic heterocycles. The molecule has 0 aliphatic carbocycles. The molecule has 3 rings (SSSR count). The minimum atomic E-state index is -2.58. The van der Waals surface area contributed by atoms with Crippen LogP contribution in [0.2, 0.25) is 0 Å². The Morgan fingerprint density at radius 3 is 3.00 bits per heavy atom. The maximum atomic E-state index is 15.4. The normalized spacial score (nSPS) is 33.1. The second-order valence-corrected chi connectivity index (χ2v) is 5.74. The number of alkyl halides is 1. The van der Waals surface area contributed by atoms with Gasteiger partial charge >= 0.3 is 0 Å². The van der Waals surface area contributed by atoms with Crippen LogP contribution in [0.4, 0.5) is 10.2 Å². The zero-order chi connectivity index (χ0) is 17.6. The van der Waals surface area contributed by atoms with Crippen molar-refractivity contribution in [2.75, 3.05) is 0 Å². The Labute approximate surface area is 141 Å². The highest BCUT2D eigenvalue weighted by Gasteiger charge is 2.59. The van der Waals surface area contributed by atoms with Crippen molar-refractivity contribution in [1.29, 1.82) is 0 Å². The van der Waals surface area contributed by atoms with Gasteiger partial charge in [0, 0.05) is 5.38 Å². The first-order valence-corrected chi connectivity index (χ1v) is 7.38. The molecular weight excluding hydrogens is 341 g/mol. The topological polar surface area (TPSA) is 118 Å². The summed E-state index contributed by atoms with van der Waals surface area (Å²) in [5, 5.41) is 24.6. The number of rotatable bonds is 2. The number of nitrogens with two attached hydrogens (primary N) is 1. The molecule has 2 unspecified atom stereocenters. The monoisotopic (exact) mass is 355 g/mol. The molecule has 0 radical (unpaired) electrons. The molecule has 1 aromatic rings. The largest absolute Gasteiger partial charge is 0.391 e. The Hall–Kier alpha value is -2.12. The highest BCUT2D eigenvalue weighted by Crippen LogP contribution is 2.45. The SMILES string of the molecule is C=C1NC(N)=Nc2c1ncn2[C@@H]1OC([C@@H](C)O)C(O)[C@]1(F)C#CCl. The average Bonchev–Trinajstić information content (AvgIpc) is 3.00. The van der Waals surface area contributed by atoms with Gasteiger partial charge in [-0.15, -0.1) is 0 Å². The van der Waals surface area contributed by atoms with Crippen molar-refractivity contribution in [3.8, 4) is 11.3 Å². The van der Waals surface area contributed by atoms with Gasteiger partial charge in [0.1, 0.15) is 17.9 Å². The first-order valence-electron chi connectivity index (χ1n) is 7.00. The van der Waals surface area contributed by atoms with Crippen molar-refractivity contribution < 1.29 is 19.3 Å². The third-order valence-corrected chi connectivity index (χ3v) is 4.01. The molecule has 24 heavy (non-hydrogen) atoms. The van der Waals surface area contributed by atoms with Gasteiger partial charge in [0.15, 0.2) is 18.0 Å². The standard InChI is InChI=1S/C14H15ClFN5O3/c1-6-8-11(20-13(17)19-6)21(5-18-8)12-14(16,3-4-15)10(23)9(24-12)7(2)22/h5,7,9-10,12,22-23H,1H2,2H3,(H3,17,19,20)/t7-,9?,10?,12-,14-/m1/s1. The van der Waals surface area contributed by atoms with Crippen LogP contribution in [-0.2, 0) is 4.74 Å². The van der Waals surface area contributed by atoms with Crippen LogP contribution in [0.25, 0.3) is 5.70 Å². The number of fused-ring (bicyclic) bond motifs is 1. The van der Waals surface area contributed by atoms with Gasteiger partial charge in [-0.3, -0.25) is 4.57 Å². The Kier molecular flexibility index (Phi) is 4.01. The van der Waals surface area contributed by atoms with Gasteiger partial charge in [0.2, 0.25) is 5.67 Å². The Morgan fingerprint density at radius 1 is 1.67 bits per heavy atom.